The molecule has 4 nitrogen and oxygen atoms in total. The average molecular weight is 236 g/mol. The quantitative estimate of drug-likeness (QED) is 0.651. The first kappa shape index (κ1) is 13.6. The summed E-state index contributed by atoms with van der Waals surface area (Å²) in [7, 11) is 1.55. The lowest BCUT2D eigenvalue weighted by atomic mass is 10.1. The molecule has 1 aromatic heterocycles. The van der Waals surface area contributed by atoms with E-state index in [1.807, 2.05) is 0 Å². The van der Waals surface area contributed by atoms with Gasteiger partial charge in [-0.2, -0.15) is 0 Å². The van der Waals surface area contributed by atoms with Crippen LogP contribution in [0.4, 0.5) is 0 Å². The first-order valence-corrected chi connectivity index (χ1v) is 6.13. The SMILES string of the molecule is CCCCCCC(=O)Cc1cc(OC)ncn1. The zero-order valence-corrected chi connectivity index (χ0v) is 10.6. The monoisotopic (exact) mass is 236 g/mol. The van der Waals surface area contributed by atoms with Gasteiger partial charge in [0.25, 0.3) is 0 Å². The Labute approximate surface area is 102 Å². The molecule has 1 aromatic rings. The van der Waals surface area contributed by atoms with Crippen LogP contribution in [0.25, 0.3) is 0 Å². The van der Waals surface area contributed by atoms with Crippen molar-refractivity contribution in [3.8, 4) is 5.88 Å². The summed E-state index contributed by atoms with van der Waals surface area (Å²) in [6, 6.07) is 1.71. The van der Waals surface area contributed by atoms with Gasteiger partial charge in [0.05, 0.1) is 12.8 Å². The Kier molecular flexibility index (Phi) is 6.22. The normalized spacial score (nSPS) is 10.2. The Balaban J connectivity index is 2.34. The first-order chi connectivity index (χ1) is 8.26. The predicted octanol–water partition coefficient (Wildman–Crippen LogP) is 2.57. The van der Waals surface area contributed by atoms with E-state index in [-0.39, 0.29) is 5.78 Å². The van der Waals surface area contributed by atoms with E-state index in [9.17, 15) is 4.79 Å². The van der Waals surface area contributed by atoms with Crippen molar-refractivity contribution in [2.45, 2.75) is 45.4 Å². The number of unbranched alkanes of at least 4 members (excludes halogenated alkanes) is 3. The summed E-state index contributed by atoms with van der Waals surface area (Å²) in [6.45, 7) is 2.16. The molecule has 0 saturated heterocycles. The minimum absolute atomic E-state index is 0.238. The minimum Gasteiger partial charge on any atom is -0.481 e. The second-order valence-corrected chi connectivity index (χ2v) is 4.08. The van der Waals surface area contributed by atoms with Gasteiger partial charge in [0.15, 0.2) is 0 Å². The van der Waals surface area contributed by atoms with Crippen LogP contribution < -0.4 is 4.74 Å². The highest BCUT2D eigenvalue weighted by Gasteiger charge is 2.06. The molecule has 94 valence electrons. The molecule has 0 aliphatic carbocycles. The summed E-state index contributed by atoms with van der Waals surface area (Å²) in [6.07, 6.45) is 6.96. The van der Waals surface area contributed by atoms with E-state index in [0.717, 1.165) is 18.5 Å². The number of ether oxygens (including phenoxy) is 1. The van der Waals surface area contributed by atoms with Crippen LogP contribution in [0.5, 0.6) is 5.88 Å². The van der Waals surface area contributed by atoms with Crippen molar-refractivity contribution >= 4 is 5.78 Å². The Morgan fingerprint density at radius 3 is 2.82 bits per heavy atom. The van der Waals surface area contributed by atoms with Gasteiger partial charge < -0.3 is 4.74 Å². The average Bonchev–Trinajstić information content (AvgIpc) is 2.35. The van der Waals surface area contributed by atoms with Gasteiger partial charge in [0.1, 0.15) is 12.1 Å². The molecule has 4 heteroatoms. The molecule has 0 atom stereocenters. The fraction of sp³-hybridized carbons (Fsp3) is 0.615. The van der Waals surface area contributed by atoms with Crippen LogP contribution in [0.2, 0.25) is 0 Å². The smallest absolute Gasteiger partial charge is 0.216 e. The van der Waals surface area contributed by atoms with E-state index in [2.05, 4.69) is 16.9 Å². The first-order valence-electron chi connectivity index (χ1n) is 6.13. The molecule has 0 aliphatic heterocycles. The summed E-state index contributed by atoms with van der Waals surface area (Å²) >= 11 is 0. The van der Waals surface area contributed by atoms with Gasteiger partial charge in [-0.15, -0.1) is 0 Å². The third-order valence-corrected chi connectivity index (χ3v) is 2.60. The molecule has 0 fully saturated rings. The summed E-state index contributed by atoms with van der Waals surface area (Å²) < 4.78 is 4.99. The van der Waals surface area contributed by atoms with Crippen molar-refractivity contribution in [2.24, 2.45) is 0 Å². The Morgan fingerprint density at radius 2 is 2.12 bits per heavy atom. The molecule has 0 saturated carbocycles. The molecule has 0 radical (unpaired) electrons. The molecule has 0 N–H and O–H groups in total. The van der Waals surface area contributed by atoms with Gasteiger partial charge in [0, 0.05) is 18.9 Å². The summed E-state index contributed by atoms with van der Waals surface area (Å²) in [4.78, 5) is 19.6. The van der Waals surface area contributed by atoms with Gasteiger partial charge in [-0.05, 0) is 6.42 Å². The number of aromatic nitrogens is 2. The molecular weight excluding hydrogens is 216 g/mol. The Bertz CT molecular complexity index is 353. The lowest BCUT2D eigenvalue weighted by Gasteiger charge is -2.02. The van der Waals surface area contributed by atoms with E-state index in [1.165, 1.54) is 19.2 Å². The van der Waals surface area contributed by atoms with Crippen LogP contribution in [0.1, 0.15) is 44.7 Å². The van der Waals surface area contributed by atoms with Crippen LogP contribution in [0.3, 0.4) is 0 Å². The van der Waals surface area contributed by atoms with Crippen molar-refractivity contribution in [2.75, 3.05) is 7.11 Å². The number of Topliss-reactive ketones (excluding diaryl/α,β-unsaturated/α-hetero) is 1. The maximum atomic E-state index is 11.7. The molecule has 0 bridgehead atoms. The number of nitrogens with zero attached hydrogens (tertiary/aromatic N) is 2. The van der Waals surface area contributed by atoms with Crippen molar-refractivity contribution in [1.29, 1.82) is 0 Å². The van der Waals surface area contributed by atoms with E-state index >= 15 is 0 Å². The third-order valence-electron chi connectivity index (χ3n) is 2.60. The standard InChI is InChI=1S/C13H20N2O2/c1-3-4-5-6-7-12(16)8-11-9-13(17-2)15-10-14-11/h9-10H,3-8H2,1-2H3. The maximum Gasteiger partial charge on any atom is 0.216 e. The zero-order valence-electron chi connectivity index (χ0n) is 10.6. The van der Waals surface area contributed by atoms with Gasteiger partial charge in [-0.1, -0.05) is 26.2 Å². The van der Waals surface area contributed by atoms with E-state index in [1.54, 1.807) is 13.2 Å². The topological polar surface area (TPSA) is 52.1 Å². The van der Waals surface area contributed by atoms with Gasteiger partial charge in [-0.3, -0.25) is 4.79 Å². The van der Waals surface area contributed by atoms with Crippen LogP contribution >= 0.6 is 0 Å². The molecule has 1 rings (SSSR count). The largest absolute Gasteiger partial charge is 0.481 e. The summed E-state index contributed by atoms with van der Waals surface area (Å²) in [5, 5.41) is 0. The molecule has 0 spiro atoms. The maximum absolute atomic E-state index is 11.7. The van der Waals surface area contributed by atoms with Gasteiger partial charge >= 0.3 is 0 Å². The lowest BCUT2D eigenvalue weighted by Crippen LogP contribution is -2.05. The molecule has 0 aliphatic rings. The van der Waals surface area contributed by atoms with E-state index < -0.39 is 0 Å². The number of carbonyl (C=O) groups excluding carboxylic acids is 1. The van der Waals surface area contributed by atoms with Crippen molar-refractivity contribution in [3.05, 3.63) is 18.1 Å². The molecule has 0 amide bonds. The summed E-state index contributed by atoms with van der Waals surface area (Å²) in [5.74, 6) is 0.746. The molecule has 0 aromatic carbocycles. The van der Waals surface area contributed by atoms with Crippen molar-refractivity contribution in [3.63, 3.8) is 0 Å². The number of rotatable bonds is 8. The number of hydrogen-bond donors (Lipinski definition) is 0. The third kappa shape index (κ3) is 5.43. The van der Waals surface area contributed by atoms with Crippen molar-refractivity contribution in [1.82, 2.24) is 9.97 Å². The van der Waals surface area contributed by atoms with Crippen LogP contribution in [-0.2, 0) is 11.2 Å². The number of carbonyl (C=O) groups is 1. The number of methoxy groups -OCH3 is 1. The van der Waals surface area contributed by atoms with Crippen molar-refractivity contribution < 1.29 is 9.53 Å². The number of ketones is 1. The van der Waals surface area contributed by atoms with E-state index in [0.29, 0.717) is 18.7 Å². The lowest BCUT2D eigenvalue weighted by molar-refractivity contribution is -0.118. The Hall–Kier alpha value is -1.45. The van der Waals surface area contributed by atoms with Gasteiger partial charge in [0.2, 0.25) is 5.88 Å². The molecule has 0 unspecified atom stereocenters. The van der Waals surface area contributed by atoms with Gasteiger partial charge in [-0.25, -0.2) is 9.97 Å². The zero-order chi connectivity index (χ0) is 12.5. The molecule has 17 heavy (non-hydrogen) atoms. The highest BCUT2D eigenvalue weighted by Crippen LogP contribution is 2.09. The molecular formula is C13H20N2O2. The second-order valence-electron chi connectivity index (χ2n) is 4.08. The second kappa shape index (κ2) is 7.76. The summed E-state index contributed by atoms with van der Waals surface area (Å²) in [5.41, 5.74) is 0.734. The fourth-order valence-corrected chi connectivity index (χ4v) is 1.62. The Morgan fingerprint density at radius 1 is 1.29 bits per heavy atom. The minimum atomic E-state index is 0.238. The highest BCUT2D eigenvalue weighted by atomic mass is 16.5. The van der Waals surface area contributed by atoms with E-state index in [4.69, 9.17) is 4.74 Å². The number of hydrogen-bond acceptors (Lipinski definition) is 4. The molecule has 1 heterocycles. The van der Waals surface area contributed by atoms with Crippen LogP contribution in [0.15, 0.2) is 12.4 Å². The predicted molar refractivity (Wildman–Crippen MR) is 66.1 cm³/mol. The fourth-order valence-electron chi connectivity index (χ4n) is 1.62. The highest BCUT2D eigenvalue weighted by molar-refractivity contribution is 5.80. The van der Waals surface area contributed by atoms with Crippen LogP contribution in [-0.4, -0.2) is 22.9 Å². The van der Waals surface area contributed by atoms with Crippen LogP contribution in [0, 0.1) is 0 Å².